The zero-order valence-electron chi connectivity index (χ0n) is 28.2. The van der Waals surface area contributed by atoms with E-state index in [2.05, 4.69) is 20.8 Å². The molecule has 4 aliphatic heterocycles. The molecule has 278 valence electrons. The van der Waals surface area contributed by atoms with Crippen molar-refractivity contribution in [3.05, 3.63) is 45.1 Å². The van der Waals surface area contributed by atoms with Gasteiger partial charge in [-0.25, -0.2) is 14.6 Å². The van der Waals surface area contributed by atoms with Crippen LogP contribution in [0, 0.1) is 5.41 Å². The Bertz CT molecular complexity index is 1940. The number of benzene rings is 1. The number of thiazole rings is 1. The quantitative estimate of drug-likeness (QED) is 0.0532. The molecule has 1 aromatic heterocycles. The second kappa shape index (κ2) is 13.4. The molecule has 3 saturated heterocycles. The fourth-order valence-corrected chi connectivity index (χ4v) is 9.41. The van der Waals surface area contributed by atoms with Crippen LogP contribution in [-0.4, -0.2) is 125 Å². The van der Waals surface area contributed by atoms with E-state index in [0.717, 1.165) is 37.3 Å². The number of piperidine rings is 1. The summed E-state index contributed by atoms with van der Waals surface area (Å²) in [5.74, 6) is -5.61. The Kier molecular flexibility index (Phi) is 9.60. The van der Waals surface area contributed by atoms with Crippen molar-refractivity contribution in [3.63, 3.8) is 0 Å². The summed E-state index contributed by atoms with van der Waals surface area (Å²) in [7, 11) is 0. The van der Waals surface area contributed by atoms with E-state index in [1.54, 1.807) is 0 Å². The molecule has 2 bridgehead atoms. The summed E-state index contributed by atoms with van der Waals surface area (Å²) in [5, 5.41) is 48.9. The number of fused-ring (bicyclic) bond motifs is 3. The number of nitrogens with two attached hydrogens (primary N) is 1. The number of aliphatic carboxylic acids is 2. The van der Waals surface area contributed by atoms with Gasteiger partial charge in [0.05, 0.1) is 30.2 Å². The van der Waals surface area contributed by atoms with E-state index in [9.17, 15) is 44.4 Å². The maximum absolute atomic E-state index is 13.6. The van der Waals surface area contributed by atoms with Gasteiger partial charge in [0.25, 0.3) is 17.7 Å². The van der Waals surface area contributed by atoms with Crippen molar-refractivity contribution in [1.82, 2.24) is 20.5 Å². The smallest absolute Gasteiger partial charge is 0.352 e. The summed E-state index contributed by atoms with van der Waals surface area (Å²) in [6, 6.07) is 1.40. The molecule has 20 heteroatoms. The molecule has 3 fully saturated rings. The molecule has 0 radical (unpaired) electrons. The summed E-state index contributed by atoms with van der Waals surface area (Å²) in [6.45, 7) is 7.23. The van der Waals surface area contributed by atoms with Crippen molar-refractivity contribution < 1.29 is 53.7 Å². The number of aromatic hydroxyl groups is 2. The van der Waals surface area contributed by atoms with Gasteiger partial charge in [0, 0.05) is 41.0 Å². The third kappa shape index (κ3) is 6.61. The van der Waals surface area contributed by atoms with E-state index in [1.165, 1.54) is 48.0 Å². The monoisotopic (exact) mass is 778 g/mol. The second-order valence-corrected chi connectivity index (χ2v) is 16.7. The number of phenolic OH excluding ortho intramolecular Hbond substituents is 2. The van der Waals surface area contributed by atoms with Gasteiger partial charge >= 0.3 is 11.9 Å². The minimum absolute atomic E-state index is 0.00660. The summed E-state index contributed by atoms with van der Waals surface area (Å²) in [4.78, 5) is 74.7. The molecule has 8 N–H and O–H groups in total. The van der Waals surface area contributed by atoms with Crippen molar-refractivity contribution in [2.75, 3.05) is 38.5 Å². The zero-order valence-corrected chi connectivity index (χ0v) is 30.6. The minimum atomic E-state index is -1.79. The van der Waals surface area contributed by atoms with E-state index in [-0.39, 0.29) is 37.8 Å². The highest BCUT2D eigenvalue weighted by molar-refractivity contribution is 8.00. The zero-order chi connectivity index (χ0) is 37.9. The maximum atomic E-state index is 13.6. The van der Waals surface area contributed by atoms with Crippen LogP contribution in [0.5, 0.6) is 11.5 Å². The van der Waals surface area contributed by atoms with Gasteiger partial charge in [-0.3, -0.25) is 19.3 Å². The van der Waals surface area contributed by atoms with Crippen LogP contribution in [0.15, 0.2) is 33.9 Å². The lowest BCUT2D eigenvalue weighted by molar-refractivity contribution is -0.905. The molecule has 0 spiro atoms. The Morgan fingerprint density at radius 2 is 1.90 bits per heavy atom. The van der Waals surface area contributed by atoms with Gasteiger partial charge in [0.2, 0.25) is 5.60 Å². The number of quaternary nitrogens is 1. The van der Waals surface area contributed by atoms with Crippen LogP contribution < -0.4 is 16.4 Å². The number of carbonyl (C=O) groups is 5. The molecule has 3 atom stereocenters. The van der Waals surface area contributed by atoms with Gasteiger partial charge in [0.15, 0.2) is 22.3 Å². The Labute approximate surface area is 310 Å². The lowest BCUT2D eigenvalue weighted by Crippen LogP contribution is -2.71. The van der Waals surface area contributed by atoms with E-state index < -0.39 is 63.9 Å². The predicted octanol–water partition coefficient (Wildman–Crippen LogP) is 1.54. The summed E-state index contributed by atoms with van der Waals surface area (Å²) in [6.07, 6.45) is 1.56. The number of halogens is 1. The highest BCUT2D eigenvalue weighted by atomic mass is 35.5. The SMILES string of the molecule is C[C@@H]1S[C@@H]2[C@H](NC(=O)/C(=N\OC(C)(C)C(=O)O)c3csc(N)n3)C(=O)N2C(C(=O)O)=C1C[N+]12CCC(CNC(=O)c3ccc(O)c(O)c3Cl)(CC1)C2. The molecule has 0 saturated carbocycles. The van der Waals surface area contributed by atoms with E-state index in [1.807, 2.05) is 6.92 Å². The van der Waals surface area contributed by atoms with Crippen LogP contribution in [0.1, 0.15) is 49.7 Å². The number of nitrogens with one attached hydrogen (secondary N) is 2. The Morgan fingerprint density at radius 3 is 2.52 bits per heavy atom. The molecule has 0 aliphatic carbocycles. The first-order valence-corrected chi connectivity index (χ1v) is 18.4. The van der Waals surface area contributed by atoms with E-state index in [4.69, 9.17) is 22.2 Å². The minimum Gasteiger partial charge on any atom is -0.504 e. The van der Waals surface area contributed by atoms with Crippen LogP contribution in [0.4, 0.5) is 5.13 Å². The van der Waals surface area contributed by atoms with Crippen molar-refractivity contribution in [2.24, 2.45) is 10.6 Å². The molecule has 5 heterocycles. The molecular weight excluding hydrogens is 742 g/mol. The average molecular weight is 779 g/mol. The van der Waals surface area contributed by atoms with Crippen LogP contribution in [0.3, 0.4) is 0 Å². The Hall–Kier alpha value is -4.59. The van der Waals surface area contributed by atoms with E-state index >= 15 is 0 Å². The lowest BCUT2D eigenvalue weighted by Gasteiger charge is -2.51. The summed E-state index contributed by atoms with van der Waals surface area (Å²) < 4.78 is 0.587. The number of carboxylic acid groups (broad SMARTS) is 2. The largest absolute Gasteiger partial charge is 0.504 e. The fraction of sp³-hybridized carbons (Fsp3) is 0.469. The first-order chi connectivity index (χ1) is 24.4. The number of thioether (sulfide) groups is 1. The van der Waals surface area contributed by atoms with Gasteiger partial charge in [-0.15, -0.1) is 23.1 Å². The second-order valence-electron chi connectivity index (χ2n) is 14.0. The van der Waals surface area contributed by atoms with Crippen LogP contribution in [-0.2, 0) is 24.0 Å². The normalized spacial score (nSPS) is 26.8. The standard InChI is InChI=1S/C32H36ClN7O10S2/c1-14-16(10-40-8-6-32(13-40,7-9-40)12-35-24(43)15-4-5-18(41)23(42)19(15)33)22(28(46)47)39-26(45)21(27(39)52-14)37-25(44)20(17-11-51-30(34)36-17)38-50-31(2,3)29(48)49/h4-5,11,14,21,27H,6-10,12-13H2,1-3H3,(H7-,34,35,36,37,38,41,42,43,44,46,47,48,49)/p+1/t14-,21+,27+,32?,40?/m0/s1. The molecule has 0 unspecified atom stereocenters. The molecule has 4 aliphatic rings. The van der Waals surface area contributed by atoms with Crippen LogP contribution in [0.2, 0.25) is 5.02 Å². The molecule has 6 rings (SSSR count). The Morgan fingerprint density at radius 1 is 1.21 bits per heavy atom. The molecule has 2 aromatic rings. The van der Waals surface area contributed by atoms with Gasteiger partial charge in [-0.05, 0) is 32.9 Å². The number of anilines is 1. The van der Waals surface area contributed by atoms with Gasteiger partial charge in [-0.2, -0.15) is 0 Å². The van der Waals surface area contributed by atoms with Gasteiger partial charge in [0.1, 0.15) is 29.4 Å². The molecule has 17 nitrogen and oxygen atoms in total. The number of β-lactam (4-membered cyclic amide) rings is 1. The molecular formula is C32H37ClN7O10S2+. The highest BCUT2D eigenvalue weighted by Gasteiger charge is 2.59. The number of hydrogen-bond donors (Lipinski definition) is 7. The Balaban J connectivity index is 1.16. The van der Waals surface area contributed by atoms with Crippen molar-refractivity contribution in [1.29, 1.82) is 0 Å². The van der Waals surface area contributed by atoms with Crippen molar-refractivity contribution >= 4 is 75.2 Å². The number of rotatable bonds is 12. The fourth-order valence-electron chi connectivity index (χ4n) is 7.18. The third-order valence-electron chi connectivity index (χ3n) is 10.1. The topological polar surface area (TPSA) is 254 Å². The first kappa shape index (κ1) is 37.2. The highest BCUT2D eigenvalue weighted by Crippen LogP contribution is 2.49. The van der Waals surface area contributed by atoms with Crippen molar-refractivity contribution in [2.45, 2.75) is 55.9 Å². The number of carboxylic acids is 2. The van der Waals surface area contributed by atoms with Crippen molar-refractivity contribution in [3.8, 4) is 11.5 Å². The van der Waals surface area contributed by atoms with Gasteiger partial charge in [-0.1, -0.05) is 16.8 Å². The first-order valence-electron chi connectivity index (χ1n) is 16.2. The lowest BCUT2D eigenvalue weighted by atomic mass is 9.84. The third-order valence-corrected chi connectivity index (χ3v) is 12.7. The maximum Gasteiger partial charge on any atom is 0.352 e. The number of aromatic nitrogens is 1. The molecule has 52 heavy (non-hydrogen) atoms. The molecule has 1 aromatic carbocycles. The number of nitrogen functional groups attached to an aromatic ring is 1. The van der Waals surface area contributed by atoms with Gasteiger partial charge < -0.3 is 46.1 Å². The van der Waals surface area contributed by atoms with E-state index in [0.29, 0.717) is 29.7 Å². The summed E-state index contributed by atoms with van der Waals surface area (Å²) in [5.41, 5.74) is 3.82. The van der Waals surface area contributed by atoms with Crippen LogP contribution in [0.25, 0.3) is 0 Å². The number of oxime groups is 1. The number of amides is 3. The average Bonchev–Trinajstić information content (AvgIpc) is 3.79. The number of carbonyl (C=O) groups excluding carboxylic acids is 3. The number of hydrogen-bond acceptors (Lipinski definition) is 13. The summed E-state index contributed by atoms with van der Waals surface area (Å²) >= 11 is 8.44. The number of phenols is 2. The predicted molar refractivity (Wildman–Crippen MR) is 189 cm³/mol. The number of nitrogens with zero attached hydrogens (tertiary/aromatic N) is 4. The van der Waals surface area contributed by atoms with Crippen LogP contribution >= 0.6 is 34.7 Å². The molecule has 3 amide bonds.